The highest BCUT2D eigenvalue weighted by Gasteiger charge is 2.14. The summed E-state index contributed by atoms with van der Waals surface area (Å²) in [6.07, 6.45) is 1.65. The number of ether oxygens (including phenoxy) is 1. The fourth-order valence-corrected chi connectivity index (χ4v) is 2.50. The zero-order chi connectivity index (χ0) is 15.4. The average molecular weight is 315 g/mol. The van der Waals surface area contributed by atoms with Crippen LogP contribution in [0.15, 0.2) is 46.4 Å². The Balaban J connectivity index is 1.62. The minimum atomic E-state index is -0.289. The number of thiophene rings is 1. The second kappa shape index (κ2) is 6.40. The summed E-state index contributed by atoms with van der Waals surface area (Å²) in [7, 11) is 1.56. The first-order valence-corrected chi connectivity index (χ1v) is 7.42. The molecule has 3 heterocycles. The summed E-state index contributed by atoms with van der Waals surface area (Å²) in [5.74, 6) is 0.834. The SMILES string of the molecule is COc1ccc(CNC(=O)c2cc(-c3cccs3)on2)cn1. The van der Waals surface area contributed by atoms with Crippen molar-refractivity contribution in [2.45, 2.75) is 6.54 Å². The van der Waals surface area contributed by atoms with Crippen LogP contribution in [0, 0.1) is 0 Å². The zero-order valence-electron chi connectivity index (χ0n) is 11.8. The van der Waals surface area contributed by atoms with Gasteiger partial charge in [-0.05, 0) is 17.0 Å². The van der Waals surface area contributed by atoms with Crippen molar-refractivity contribution in [1.82, 2.24) is 15.5 Å². The highest BCUT2D eigenvalue weighted by Crippen LogP contribution is 2.25. The summed E-state index contributed by atoms with van der Waals surface area (Å²) in [6, 6.07) is 9.04. The number of amides is 1. The van der Waals surface area contributed by atoms with Crippen molar-refractivity contribution in [2.75, 3.05) is 7.11 Å². The number of aromatic nitrogens is 2. The predicted molar refractivity (Wildman–Crippen MR) is 81.8 cm³/mol. The van der Waals surface area contributed by atoms with Crippen molar-refractivity contribution < 1.29 is 14.1 Å². The molecular formula is C15H13N3O3S. The van der Waals surface area contributed by atoms with Gasteiger partial charge in [0.1, 0.15) is 0 Å². The van der Waals surface area contributed by atoms with E-state index in [1.165, 1.54) is 11.3 Å². The quantitative estimate of drug-likeness (QED) is 0.783. The molecule has 0 aliphatic carbocycles. The van der Waals surface area contributed by atoms with Crippen LogP contribution in [-0.4, -0.2) is 23.2 Å². The molecule has 1 amide bonds. The Bertz CT molecular complexity index is 751. The van der Waals surface area contributed by atoms with E-state index in [0.29, 0.717) is 18.2 Å². The van der Waals surface area contributed by atoms with Gasteiger partial charge < -0.3 is 14.6 Å². The van der Waals surface area contributed by atoms with Crippen LogP contribution < -0.4 is 10.1 Å². The van der Waals surface area contributed by atoms with Crippen molar-refractivity contribution in [2.24, 2.45) is 0 Å². The average Bonchev–Trinajstić information content (AvgIpc) is 3.23. The van der Waals surface area contributed by atoms with Crippen LogP contribution in [0.1, 0.15) is 16.1 Å². The summed E-state index contributed by atoms with van der Waals surface area (Å²) in [5.41, 5.74) is 1.13. The minimum Gasteiger partial charge on any atom is -0.481 e. The third-order valence-electron chi connectivity index (χ3n) is 2.97. The van der Waals surface area contributed by atoms with Gasteiger partial charge in [0.2, 0.25) is 5.88 Å². The monoisotopic (exact) mass is 315 g/mol. The first-order chi connectivity index (χ1) is 10.8. The number of methoxy groups -OCH3 is 1. The molecule has 0 fully saturated rings. The Hall–Kier alpha value is -2.67. The van der Waals surface area contributed by atoms with E-state index in [1.54, 1.807) is 25.4 Å². The number of hydrogen-bond donors (Lipinski definition) is 1. The lowest BCUT2D eigenvalue weighted by Crippen LogP contribution is -2.23. The molecule has 0 bridgehead atoms. The maximum absolute atomic E-state index is 12.0. The largest absolute Gasteiger partial charge is 0.481 e. The minimum absolute atomic E-state index is 0.255. The third kappa shape index (κ3) is 3.15. The molecular weight excluding hydrogens is 302 g/mol. The van der Waals surface area contributed by atoms with Gasteiger partial charge in [-0.2, -0.15) is 0 Å². The molecule has 0 aliphatic heterocycles. The molecule has 0 saturated carbocycles. The molecule has 6 nitrogen and oxygen atoms in total. The Labute approximate surface area is 130 Å². The van der Waals surface area contributed by atoms with Gasteiger partial charge in [0, 0.05) is 24.9 Å². The second-order valence-corrected chi connectivity index (χ2v) is 5.39. The van der Waals surface area contributed by atoms with E-state index >= 15 is 0 Å². The number of hydrogen-bond acceptors (Lipinski definition) is 6. The number of carbonyl (C=O) groups excluding carboxylic acids is 1. The van der Waals surface area contributed by atoms with Crippen molar-refractivity contribution in [3.63, 3.8) is 0 Å². The third-order valence-corrected chi connectivity index (χ3v) is 3.85. The lowest BCUT2D eigenvalue weighted by Gasteiger charge is -2.03. The van der Waals surface area contributed by atoms with Crippen molar-refractivity contribution in [1.29, 1.82) is 0 Å². The Morgan fingerprint density at radius 3 is 3.00 bits per heavy atom. The van der Waals surface area contributed by atoms with Crippen LogP contribution in [0.25, 0.3) is 10.6 Å². The van der Waals surface area contributed by atoms with Gasteiger partial charge in [-0.15, -0.1) is 11.3 Å². The summed E-state index contributed by atoms with van der Waals surface area (Å²) in [4.78, 5) is 17.1. The summed E-state index contributed by atoms with van der Waals surface area (Å²) < 4.78 is 10.2. The molecule has 7 heteroatoms. The fraction of sp³-hybridized carbons (Fsp3) is 0.133. The smallest absolute Gasteiger partial charge is 0.273 e. The zero-order valence-corrected chi connectivity index (χ0v) is 12.6. The number of pyridine rings is 1. The van der Waals surface area contributed by atoms with Gasteiger partial charge in [-0.25, -0.2) is 4.98 Å². The first kappa shape index (κ1) is 14.3. The molecule has 22 heavy (non-hydrogen) atoms. The van der Waals surface area contributed by atoms with Gasteiger partial charge in [-0.3, -0.25) is 4.79 Å². The standard InChI is InChI=1S/C15H13N3O3S/c1-20-14-5-4-10(8-16-14)9-17-15(19)11-7-12(21-18-11)13-3-2-6-22-13/h2-8H,9H2,1H3,(H,17,19). The number of carbonyl (C=O) groups is 1. The maximum Gasteiger partial charge on any atom is 0.273 e. The predicted octanol–water partition coefficient (Wildman–Crippen LogP) is 2.74. The van der Waals surface area contributed by atoms with Crippen LogP contribution in [0.5, 0.6) is 5.88 Å². The molecule has 3 rings (SSSR count). The Morgan fingerprint density at radius 2 is 2.32 bits per heavy atom. The highest BCUT2D eigenvalue weighted by molar-refractivity contribution is 7.13. The van der Waals surface area contributed by atoms with Crippen LogP contribution >= 0.6 is 11.3 Å². The normalized spacial score (nSPS) is 10.4. The summed E-state index contributed by atoms with van der Waals surface area (Å²) >= 11 is 1.53. The summed E-state index contributed by atoms with van der Waals surface area (Å²) in [6.45, 7) is 0.358. The Kier molecular flexibility index (Phi) is 4.15. The van der Waals surface area contributed by atoms with Crippen LogP contribution in [-0.2, 0) is 6.54 Å². The van der Waals surface area contributed by atoms with E-state index in [1.807, 2.05) is 23.6 Å². The van der Waals surface area contributed by atoms with E-state index in [0.717, 1.165) is 10.4 Å². The van der Waals surface area contributed by atoms with Crippen LogP contribution in [0.4, 0.5) is 0 Å². The van der Waals surface area contributed by atoms with E-state index in [9.17, 15) is 4.79 Å². The van der Waals surface area contributed by atoms with Gasteiger partial charge >= 0.3 is 0 Å². The number of nitrogens with zero attached hydrogens (tertiary/aromatic N) is 2. The van der Waals surface area contributed by atoms with Gasteiger partial charge in [0.15, 0.2) is 11.5 Å². The number of nitrogens with one attached hydrogen (secondary N) is 1. The van der Waals surface area contributed by atoms with Crippen molar-refractivity contribution in [3.8, 4) is 16.5 Å². The molecule has 0 saturated heterocycles. The second-order valence-electron chi connectivity index (χ2n) is 4.45. The van der Waals surface area contributed by atoms with E-state index < -0.39 is 0 Å². The molecule has 3 aromatic rings. The molecule has 0 spiro atoms. The van der Waals surface area contributed by atoms with E-state index in [4.69, 9.17) is 9.26 Å². The Morgan fingerprint density at radius 1 is 1.41 bits per heavy atom. The lowest BCUT2D eigenvalue weighted by molar-refractivity contribution is 0.0942. The van der Waals surface area contributed by atoms with Crippen molar-refractivity contribution in [3.05, 3.63) is 53.2 Å². The van der Waals surface area contributed by atoms with Crippen LogP contribution in [0.2, 0.25) is 0 Å². The number of rotatable bonds is 5. The fourth-order valence-electron chi connectivity index (χ4n) is 1.83. The molecule has 0 atom stereocenters. The molecule has 112 valence electrons. The molecule has 0 aliphatic rings. The highest BCUT2D eigenvalue weighted by atomic mass is 32.1. The molecule has 0 unspecified atom stereocenters. The summed E-state index contributed by atoms with van der Waals surface area (Å²) in [5, 5.41) is 8.51. The molecule has 1 N–H and O–H groups in total. The van der Waals surface area contributed by atoms with E-state index in [-0.39, 0.29) is 11.6 Å². The molecule has 0 aromatic carbocycles. The van der Waals surface area contributed by atoms with Crippen LogP contribution in [0.3, 0.4) is 0 Å². The van der Waals surface area contributed by atoms with Gasteiger partial charge in [-0.1, -0.05) is 17.3 Å². The maximum atomic E-state index is 12.0. The topological polar surface area (TPSA) is 77.2 Å². The molecule has 3 aromatic heterocycles. The van der Waals surface area contributed by atoms with Gasteiger partial charge in [0.25, 0.3) is 5.91 Å². The lowest BCUT2D eigenvalue weighted by atomic mass is 10.2. The first-order valence-electron chi connectivity index (χ1n) is 6.54. The van der Waals surface area contributed by atoms with Gasteiger partial charge in [0.05, 0.1) is 12.0 Å². The molecule has 0 radical (unpaired) electrons. The van der Waals surface area contributed by atoms with Crippen molar-refractivity contribution >= 4 is 17.2 Å². The van der Waals surface area contributed by atoms with E-state index in [2.05, 4.69) is 15.5 Å².